The zero-order chi connectivity index (χ0) is 6.53. The Bertz CT molecular complexity index is 169. The third-order valence-corrected chi connectivity index (χ3v) is 0.949. The van der Waals surface area contributed by atoms with E-state index >= 15 is 0 Å². The molecule has 0 unspecified atom stereocenters. The summed E-state index contributed by atoms with van der Waals surface area (Å²) < 4.78 is 4.34. The van der Waals surface area contributed by atoms with Gasteiger partial charge in [0.2, 0.25) is 0 Å². The van der Waals surface area contributed by atoms with Crippen LogP contribution in [-0.2, 0) is 16.1 Å². The van der Waals surface area contributed by atoms with E-state index in [2.05, 4.69) is 9.72 Å². The molecule has 0 atom stereocenters. The van der Waals surface area contributed by atoms with Gasteiger partial charge in [-0.05, 0) is 12.1 Å². The maximum atomic E-state index is 9.54. The summed E-state index contributed by atoms with van der Waals surface area (Å²) in [6.45, 7) is 1.61. The lowest BCUT2D eigenvalue weighted by Crippen LogP contribution is -1.88. The number of carbonyl (C=O) groups excluding carboxylic acids is 1. The molecule has 0 amide bonds. The topological polar surface area (TPSA) is 42.1 Å². The van der Waals surface area contributed by atoms with E-state index in [1.54, 1.807) is 6.20 Å². The van der Waals surface area contributed by atoms with Gasteiger partial charge in [0.1, 0.15) is 6.61 Å². The second-order valence-corrected chi connectivity index (χ2v) is 1.57. The number of hydrogen-bond acceptors (Lipinski definition) is 2. The van der Waals surface area contributed by atoms with E-state index in [-0.39, 0.29) is 6.61 Å². The lowest BCUT2D eigenvalue weighted by atomic mass is 10.5. The molecule has 0 saturated carbocycles. The average Bonchev–Trinajstić information content (AvgIpc) is 2.34. The van der Waals surface area contributed by atoms with Gasteiger partial charge in [0, 0.05) is 6.20 Å². The molecule has 1 heterocycles. The molecular weight excluding hydrogens is 118 g/mol. The van der Waals surface area contributed by atoms with Crippen molar-refractivity contribution in [3.63, 3.8) is 0 Å². The fourth-order valence-electron chi connectivity index (χ4n) is 0.565. The molecule has 0 aromatic carbocycles. The van der Waals surface area contributed by atoms with Crippen LogP contribution >= 0.6 is 0 Å². The number of H-pyrrole nitrogens is 1. The Morgan fingerprint density at radius 2 is 2.67 bits per heavy atom. The number of aromatic amines is 1. The monoisotopic (exact) mass is 124 g/mol. The van der Waals surface area contributed by atoms with Crippen LogP contribution in [0.1, 0.15) is 5.69 Å². The van der Waals surface area contributed by atoms with Crippen molar-refractivity contribution in [2.24, 2.45) is 0 Å². The molecule has 9 heavy (non-hydrogen) atoms. The van der Waals surface area contributed by atoms with Crippen LogP contribution in [0.5, 0.6) is 0 Å². The molecule has 1 radical (unpaired) electrons. The molecule has 0 fully saturated rings. The molecule has 47 valence electrons. The Labute approximate surface area is 52.6 Å². The molecule has 0 spiro atoms. The first-order valence-electron chi connectivity index (χ1n) is 2.54. The van der Waals surface area contributed by atoms with E-state index in [0.717, 1.165) is 5.69 Å². The zero-order valence-electron chi connectivity index (χ0n) is 4.76. The van der Waals surface area contributed by atoms with Gasteiger partial charge in [0.15, 0.2) is 0 Å². The van der Waals surface area contributed by atoms with Crippen LogP contribution in [0.25, 0.3) is 0 Å². The Morgan fingerprint density at radius 1 is 1.78 bits per heavy atom. The van der Waals surface area contributed by atoms with Gasteiger partial charge in [-0.2, -0.15) is 0 Å². The van der Waals surface area contributed by atoms with E-state index in [0.29, 0.717) is 0 Å². The lowest BCUT2D eigenvalue weighted by molar-refractivity contribution is 0.263. The Hall–Kier alpha value is -1.25. The fourth-order valence-corrected chi connectivity index (χ4v) is 0.565. The zero-order valence-corrected chi connectivity index (χ0v) is 4.76. The van der Waals surface area contributed by atoms with E-state index in [1.165, 1.54) is 6.47 Å². The Balaban J connectivity index is 2.38. The van der Waals surface area contributed by atoms with E-state index in [1.807, 2.05) is 12.1 Å². The molecule has 0 aliphatic carbocycles. The molecule has 1 aromatic rings. The quantitative estimate of drug-likeness (QED) is 0.641. The summed E-state index contributed by atoms with van der Waals surface area (Å²) >= 11 is 0. The smallest absolute Gasteiger partial charge is 0.417 e. The maximum absolute atomic E-state index is 9.54. The highest BCUT2D eigenvalue weighted by atomic mass is 16.5. The molecule has 1 aromatic heterocycles. The molecule has 3 nitrogen and oxygen atoms in total. The van der Waals surface area contributed by atoms with Gasteiger partial charge in [-0.25, -0.2) is 4.79 Å². The van der Waals surface area contributed by atoms with Crippen LogP contribution in [-0.4, -0.2) is 11.5 Å². The van der Waals surface area contributed by atoms with Crippen molar-refractivity contribution < 1.29 is 9.53 Å². The average molecular weight is 124 g/mol. The van der Waals surface area contributed by atoms with Crippen molar-refractivity contribution in [2.45, 2.75) is 6.61 Å². The second-order valence-electron chi connectivity index (χ2n) is 1.57. The van der Waals surface area contributed by atoms with Crippen molar-refractivity contribution in [1.29, 1.82) is 0 Å². The predicted molar refractivity (Wildman–Crippen MR) is 31.3 cm³/mol. The molecule has 3 heteroatoms. The minimum atomic E-state index is 0.274. The predicted octanol–water partition coefficient (Wildman–Crippen LogP) is 0.599. The van der Waals surface area contributed by atoms with Gasteiger partial charge in [0.25, 0.3) is 0 Å². The summed E-state index contributed by atoms with van der Waals surface area (Å²) in [7, 11) is 0. The minimum absolute atomic E-state index is 0.274. The minimum Gasteiger partial charge on any atom is -0.451 e. The van der Waals surface area contributed by atoms with Gasteiger partial charge in [-0.15, -0.1) is 0 Å². The van der Waals surface area contributed by atoms with Gasteiger partial charge in [0.05, 0.1) is 5.69 Å². The standard InChI is InChI=1S/C6H6NO2/c8-5-9-4-6-2-1-3-7-6/h1-3,7H,4H2. The first-order chi connectivity index (χ1) is 4.43. The summed E-state index contributed by atoms with van der Waals surface area (Å²) in [5.41, 5.74) is 0.873. The molecule has 0 aliphatic heterocycles. The fraction of sp³-hybridized carbons (Fsp3) is 0.167. The number of ether oxygens (including phenoxy) is 1. The second kappa shape index (κ2) is 2.91. The van der Waals surface area contributed by atoms with Gasteiger partial charge in [-0.1, -0.05) is 0 Å². The molecular formula is C6H6NO2. The van der Waals surface area contributed by atoms with Crippen LogP contribution in [0.15, 0.2) is 18.3 Å². The largest absolute Gasteiger partial charge is 0.451 e. The number of hydrogen-bond donors (Lipinski definition) is 1. The lowest BCUT2D eigenvalue weighted by Gasteiger charge is -1.90. The van der Waals surface area contributed by atoms with Crippen LogP contribution < -0.4 is 0 Å². The van der Waals surface area contributed by atoms with E-state index in [4.69, 9.17) is 0 Å². The Morgan fingerprint density at radius 3 is 3.22 bits per heavy atom. The number of aromatic nitrogens is 1. The van der Waals surface area contributed by atoms with Crippen molar-refractivity contribution in [1.82, 2.24) is 4.98 Å². The highest BCUT2D eigenvalue weighted by molar-refractivity contribution is 5.38. The number of nitrogens with one attached hydrogen (secondary N) is 1. The summed E-state index contributed by atoms with van der Waals surface area (Å²) in [4.78, 5) is 12.4. The maximum Gasteiger partial charge on any atom is 0.417 e. The van der Waals surface area contributed by atoms with Gasteiger partial charge in [-0.3, -0.25) is 0 Å². The van der Waals surface area contributed by atoms with Crippen LogP contribution in [0.3, 0.4) is 0 Å². The van der Waals surface area contributed by atoms with Crippen LogP contribution in [0.4, 0.5) is 0 Å². The SMILES string of the molecule is O=[C]OCc1ccc[nH]1. The molecule has 0 aliphatic rings. The van der Waals surface area contributed by atoms with Crippen molar-refractivity contribution in [2.75, 3.05) is 0 Å². The Kier molecular flexibility index (Phi) is 1.90. The van der Waals surface area contributed by atoms with Gasteiger partial charge < -0.3 is 9.72 Å². The summed E-state index contributed by atoms with van der Waals surface area (Å²) in [6.07, 6.45) is 1.77. The highest BCUT2D eigenvalue weighted by Gasteiger charge is 1.89. The normalized spacial score (nSPS) is 8.89. The molecule has 1 N–H and O–H groups in total. The first kappa shape index (κ1) is 5.88. The van der Waals surface area contributed by atoms with Crippen molar-refractivity contribution in [3.05, 3.63) is 24.0 Å². The highest BCUT2D eigenvalue weighted by Crippen LogP contribution is 1.94. The number of rotatable bonds is 3. The summed E-state index contributed by atoms with van der Waals surface area (Å²) in [6, 6.07) is 3.67. The van der Waals surface area contributed by atoms with Crippen LogP contribution in [0.2, 0.25) is 0 Å². The van der Waals surface area contributed by atoms with E-state index < -0.39 is 0 Å². The summed E-state index contributed by atoms with van der Waals surface area (Å²) in [5.74, 6) is 0. The first-order valence-corrected chi connectivity index (χ1v) is 2.54. The summed E-state index contributed by atoms with van der Waals surface area (Å²) in [5, 5.41) is 0. The van der Waals surface area contributed by atoms with Gasteiger partial charge >= 0.3 is 6.47 Å². The van der Waals surface area contributed by atoms with Crippen LogP contribution in [0, 0.1) is 0 Å². The van der Waals surface area contributed by atoms with E-state index in [9.17, 15) is 4.79 Å². The molecule has 0 saturated heterocycles. The van der Waals surface area contributed by atoms with Crippen molar-refractivity contribution >= 4 is 6.47 Å². The van der Waals surface area contributed by atoms with Crippen molar-refractivity contribution in [3.8, 4) is 0 Å². The molecule has 1 rings (SSSR count). The third kappa shape index (κ3) is 1.60. The third-order valence-electron chi connectivity index (χ3n) is 0.949. The molecule has 0 bridgehead atoms.